The second-order valence-corrected chi connectivity index (χ2v) is 2.30. The zero-order valence-corrected chi connectivity index (χ0v) is 6.08. The molecule has 0 radical (unpaired) electrons. The molecule has 10 heavy (non-hydrogen) atoms. The van der Waals surface area contributed by atoms with Crippen LogP contribution in [0.1, 0.15) is 13.3 Å². The van der Waals surface area contributed by atoms with Gasteiger partial charge >= 0.3 is 0 Å². The van der Waals surface area contributed by atoms with Gasteiger partial charge in [0, 0.05) is 12.6 Å². The molecule has 0 saturated heterocycles. The van der Waals surface area contributed by atoms with Crippen molar-refractivity contribution in [3.05, 3.63) is 0 Å². The number of carbonyl (C=O) groups is 1. The first-order valence-corrected chi connectivity index (χ1v) is 3.28. The van der Waals surface area contributed by atoms with Gasteiger partial charge in [-0.25, -0.2) is 0 Å². The topological polar surface area (TPSA) is 75.3 Å². The normalized spacial score (nSPS) is 15.9. The predicted octanol–water partition coefficient (Wildman–Crippen LogP) is -1.17. The van der Waals surface area contributed by atoms with Gasteiger partial charge in [-0.1, -0.05) is 0 Å². The molecule has 0 aromatic carbocycles. The Balaban J connectivity index is 3.48. The van der Waals surface area contributed by atoms with Gasteiger partial charge in [-0.3, -0.25) is 4.79 Å². The van der Waals surface area contributed by atoms with Crippen molar-refractivity contribution in [2.75, 3.05) is 6.54 Å². The van der Waals surface area contributed by atoms with E-state index in [-0.39, 0.29) is 6.04 Å². The van der Waals surface area contributed by atoms with Crippen molar-refractivity contribution in [1.82, 2.24) is 5.32 Å². The second-order valence-electron chi connectivity index (χ2n) is 2.30. The van der Waals surface area contributed by atoms with Crippen molar-refractivity contribution < 1.29 is 9.90 Å². The standard InChI is InChI=1S/C6H14N2O2/c1-5(10)2-6(3-7)8-4-9/h4-6,10H,2-3,7H2,1H3,(H,8,9). The van der Waals surface area contributed by atoms with E-state index in [0.717, 1.165) is 0 Å². The Labute approximate surface area is 60.4 Å². The zero-order valence-electron chi connectivity index (χ0n) is 6.08. The minimum atomic E-state index is -0.416. The third kappa shape index (κ3) is 4.29. The second kappa shape index (κ2) is 5.20. The predicted molar refractivity (Wildman–Crippen MR) is 38.3 cm³/mol. The van der Waals surface area contributed by atoms with Gasteiger partial charge in [-0.05, 0) is 13.3 Å². The molecule has 0 bridgehead atoms. The lowest BCUT2D eigenvalue weighted by Crippen LogP contribution is -2.37. The summed E-state index contributed by atoms with van der Waals surface area (Å²) in [4.78, 5) is 9.91. The lowest BCUT2D eigenvalue weighted by Gasteiger charge is -2.14. The molecule has 4 nitrogen and oxygen atoms in total. The van der Waals surface area contributed by atoms with Crippen LogP contribution in [0.15, 0.2) is 0 Å². The van der Waals surface area contributed by atoms with Gasteiger partial charge in [0.1, 0.15) is 0 Å². The van der Waals surface area contributed by atoms with Gasteiger partial charge in [0.25, 0.3) is 0 Å². The van der Waals surface area contributed by atoms with Crippen molar-refractivity contribution in [3.63, 3.8) is 0 Å². The summed E-state index contributed by atoms with van der Waals surface area (Å²) in [5.74, 6) is 0. The van der Waals surface area contributed by atoms with Gasteiger partial charge in [0.05, 0.1) is 6.10 Å². The lowest BCUT2D eigenvalue weighted by atomic mass is 10.1. The fraction of sp³-hybridized carbons (Fsp3) is 0.833. The molecule has 2 unspecified atom stereocenters. The summed E-state index contributed by atoms with van der Waals surface area (Å²) in [6.07, 6.45) is 0.691. The minimum Gasteiger partial charge on any atom is -0.393 e. The monoisotopic (exact) mass is 146 g/mol. The first-order valence-electron chi connectivity index (χ1n) is 3.28. The number of nitrogens with two attached hydrogens (primary N) is 1. The number of amides is 1. The molecule has 4 N–H and O–H groups in total. The average molecular weight is 146 g/mol. The number of aliphatic hydroxyl groups is 1. The Hall–Kier alpha value is -0.610. The highest BCUT2D eigenvalue weighted by Gasteiger charge is 2.07. The van der Waals surface area contributed by atoms with E-state index in [9.17, 15) is 4.79 Å². The molecule has 0 aromatic heterocycles. The molecule has 0 saturated carbocycles. The number of hydrogen-bond donors (Lipinski definition) is 3. The highest BCUT2D eigenvalue weighted by Crippen LogP contribution is 1.94. The highest BCUT2D eigenvalue weighted by molar-refractivity contribution is 5.46. The Morgan fingerprint density at radius 1 is 1.80 bits per heavy atom. The van der Waals surface area contributed by atoms with Crippen LogP contribution in [0.25, 0.3) is 0 Å². The van der Waals surface area contributed by atoms with Crippen LogP contribution in [0.4, 0.5) is 0 Å². The SMILES string of the molecule is CC(O)CC(CN)NC=O. The maximum atomic E-state index is 9.91. The molecule has 0 spiro atoms. The molecule has 4 heteroatoms. The van der Waals surface area contributed by atoms with Crippen LogP contribution in [0, 0.1) is 0 Å². The van der Waals surface area contributed by atoms with Crippen LogP contribution in [-0.4, -0.2) is 30.2 Å². The minimum absolute atomic E-state index is 0.0995. The zero-order chi connectivity index (χ0) is 7.98. The molecule has 0 aliphatic heterocycles. The Morgan fingerprint density at radius 2 is 2.40 bits per heavy atom. The van der Waals surface area contributed by atoms with E-state index < -0.39 is 6.10 Å². The van der Waals surface area contributed by atoms with Crippen molar-refractivity contribution in [3.8, 4) is 0 Å². The van der Waals surface area contributed by atoms with E-state index in [2.05, 4.69) is 5.32 Å². The molecule has 0 heterocycles. The van der Waals surface area contributed by atoms with E-state index in [0.29, 0.717) is 19.4 Å². The average Bonchev–Trinajstić information content (AvgIpc) is 1.86. The lowest BCUT2D eigenvalue weighted by molar-refractivity contribution is -0.110. The summed E-state index contributed by atoms with van der Waals surface area (Å²) in [6.45, 7) is 2.03. The molecule has 0 fully saturated rings. The third-order valence-electron chi connectivity index (χ3n) is 1.21. The van der Waals surface area contributed by atoms with Crippen molar-refractivity contribution in [1.29, 1.82) is 0 Å². The number of hydrogen-bond acceptors (Lipinski definition) is 3. The van der Waals surface area contributed by atoms with E-state index in [1.165, 1.54) is 0 Å². The van der Waals surface area contributed by atoms with Gasteiger partial charge < -0.3 is 16.2 Å². The van der Waals surface area contributed by atoms with E-state index in [1.807, 2.05) is 0 Å². The molecule has 60 valence electrons. The Bertz CT molecular complexity index is 95.7. The van der Waals surface area contributed by atoms with Crippen LogP contribution in [0.5, 0.6) is 0 Å². The molecule has 1 amide bonds. The fourth-order valence-electron chi connectivity index (χ4n) is 0.740. The number of rotatable bonds is 5. The number of aliphatic hydroxyl groups excluding tert-OH is 1. The quantitative estimate of drug-likeness (QED) is 0.428. The largest absolute Gasteiger partial charge is 0.393 e. The first kappa shape index (κ1) is 9.39. The molecule has 0 aromatic rings. The first-order chi connectivity index (χ1) is 4.70. The maximum absolute atomic E-state index is 9.91. The maximum Gasteiger partial charge on any atom is 0.207 e. The van der Waals surface area contributed by atoms with E-state index in [4.69, 9.17) is 10.8 Å². The van der Waals surface area contributed by atoms with Gasteiger partial charge in [-0.15, -0.1) is 0 Å². The number of carbonyl (C=O) groups excluding carboxylic acids is 1. The number of nitrogens with one attached hydrogen (secondary N) is 1. The van der Waals surface area contributed by atoms with Gasteiger partial charge in [-0.2, -0.15) is 0 Å². The summed E-state index contributed by atoms with van der Waals surface area (Å²) in [5, 5.41) is 11.4. The van der Waals surface area contributed by atoms with Gasteiger partial charge in [0.2, 0.25) is 6.41 Å². The smallest absolute Gasteiger partial charge is 0.207 e. The van der Waals surface area contributed by atoms with Crippen molar-refractivity contribution in [2.45, 2.75) is 25.5 Å². The van der Waals surface area contributed by atoms with Crippen LogP contribution in [0.2, 0.25) is 0 Å². The Kier molecular flexibility index (Phi) is 4.88. The van der Waals surface area contributed by atoms with Gasteiger partial charge in [0.15, 0.2) is 0 Å². The molecule has 0 rings (SSSR count). The summed E-state index contributed by atoms with van der Waals surface area (Å²) >= 11 is 0. The summed E-state index contributed by atoms with van der Waals surface area (Å²) in [6, 6.07) is -0.0995. The summed E-state index contributed by atoms with van der Waals surface area (Å²) < 4.78 is 0. The van der Waals surface area contributed by atoms with Crippen LogP contribution in [0.3, 0.4) is 0 Å². The molecular formula is C6H14N2O2. The van der Waals surface area contributed by atoms with E-state index in [1.54, 1.807) is 6.92 Å². The van der Waals surface area contributed by atoms with Crippen LogP contribution < -0.4 is 11.1 Å². The molecule has 2 atom stereocenters. The molecule has 0 aliphatic rings. The molecule has 0 aliphatic carbocycles. The Morgan fingerprint density at radius 3 is 2.70 bits per heavy atom. The summed E-state index contributed by atoms with van der Waals surface area (Å²) in [5.41, 5.74) is 5.27. The molecular weight excluding hydrogens is 132 g/mol. The summed E-state index contributed by atoms with van der Waals surface area (Å²) in [7, 11) is 0. The van der Waals surface area contributed by atoms with Crippen molar-refractivity contribution >= 4 is 6.41 Å². The van der Waals surface area contributed by atoms with Crippen LogP contribution in [-0.2, 0) is 4.79 Å². The fourth-order valence-corrected chi connectivity index (χ4v) is 0.740. The highest BCUT2D eigenvalue weighted by atomic mass is 16.3. The van der Waals surface area contributed by atoms with Crippen molar-refractivity contribution in [2.24, 2.45) is 5.73 Å². The van der Waals surface area contributed by atoms with E-state index >= 15 is 0 Å². The third-order valence-corrected chi connectivity index (χ3v) is 1.21. The van der Waals surface area contributed by atoms with Crippen LogP contribution >= 0.6 is 0 Å².